The summed E-state index contributed by atoms with van der Waals surface area (Å²) >= 11 is 0. The lowest BCUT2D eigenvalue weighted by Crippen LogP contribution is -2.54. The van der Waals surface area contributed by atoms with Crippen molar-refractivity contribution < 1.29 is 39.5 Å². The van der Waals surface area contributed by atoms with Gasteiger partial charge in [0.05, 0.1) is 5.57 Å². The average Bonchev–Trinajstić information content (AvgIpc) is 2.11. The lowest BCUT2D eigenvalue weighted by atomic mass is 9.86. The zero-order valence-electron chi connectivity index (χ0n) is 9.40. The van der Waals surface area contributed by atoms with Gasteiger partial charge in [-0.1, -0.05) is 0 Å². The molecule has 0 aromatic heterocycles. The summed E-state index contributed by atoms with van der Waals surface area (Å²) in [5.41, 5.74) is -11.5. The lowest BCUT2D eigenvalue weighted by molar-refractivity contribution is -0.259. The molecule has 0 aliphatic rings. The van der Waals surface area contributed by atoms with E-state index in [1.54, 1.807) is 0 Å². The molecule has 0 aromatic carbocycles. The lowest BCUT2D eigenvalue weighted by Gasteiger charge is -2.34. The molecule has 18 heavy (non-hydrogen) atoms. The Morgan fingerprint density at radius 1 is 0.778 bits per heavy atom. The van der Waals surface area contributed by atoms with Gasteiger partial charge in [-0.3, -0.25) is 0 Å². The maximum atomic E-state index is 13.5. The molecule has 0 aliphatic carbocycles. The Morgan fingerprint density at radius 3 is 1.33 bits per heavy atom. The number of allylic oxidation sites excluding steroid dienone is 2. The van der Waals surface area contributed by atoms with Crippen LogP contribution in [0.2, 0.25) is 0 Å². The minimum atomic E-state index is -5.86. The Kier molecular flexibility index (Phi) is 4.13. The molecule has 0 rings (SSSR count). The van der Waals surface area contributed by atoms with Gasteiger partial charge in [0, 0.05) is 0 Å². The third-order valence-corrected chi connectivity index (χ3v) is 2.58. The molecular weight excluding hydrogens is 279 g/mol. The van der Waals surface area contributed by atoms with E-state index in [1.807, 2.05) is 0 Å². The Labute approximate surface area is 96.5 Å². The van der Waals surface area contributed by atoms with E-state index < -0.39 is 35.1 Å². The molecular formula is C9H9F9. The van der Waals surface area contributed by atoms with E-state index in [0.717, 1.165) is 0 Å². The number of hydrogen-bond donors (Lipinski definition) is 0. The summed E-state index contributed by atoms with van der Waals surface area (Å²) in [4.78, 5) is 0. The van der Waals surface area contributed by atoms with Gasteiger partial charge in [-0.05, 0) is 20.8 Å². The second-order valence-corrected chi connectivity index (χ2v) is 3.94. The predicted octanol–water partition coefficient (Wildman–Crippen LogP) is 4.81. The van der Waals surface area contributed by atoms with Gasteiger partial charge in [-0.2, -0.15) is 26.3 Å². The molecule has 0 saturated carbocycles. The van der Waals surface area contributed by atoms with Crippen molar-refractivity contribution in [3.8, 4) is 0 Å². The molecule has 0 aliphatic heterocycles. The second kappa shape index (κ2) is 4.34. The highest BCUT2D eigenvalue weighted by atomic mass is 19.4. The molecule has 0 radical (unpaired) electrons. The zero-order chi connectivity index (χ0) is 15.2. The molecule has 0 bridgehead atoms. The van der Waals surface area contributed by atoms with E-state index in [2.05, 4.69) is 0 Å². The van der Waals surface area contributed by atoms with Crippen LogP contribution in [0.25, 0.3) is 0 Å². The highest BCUT2D eigenvalue weighted by molar-refractivity contribution is 5.25. The van der Waals surface area contributed by atoms with Gasteiger partial charge in [0.1, 0.15) is 5.83 Å². The maximum Gasteiger partial charge on any atom is 0.425 e. The molecule has 0 N–H and O–H groups in total. The first-order chi connectivity index (χ1) is 7.57. The number of hydrogen-bond acceptors (Lipinski definition) is 0. The van der Waals surface area contributed by atoms with Crippen LogP contribution >= 0.6 is 0 Å². The van der Waals surface area contributed by atoms with Gasteiger partial charge in [0.25, 0.3) is 0 Å². The smallest absolute Gasteiger partial charge is 0.232 e. The molecule has 2 atom stereocenters. The molecule has 0 fully saturated rings. The van der Waals surface area contributed by atoms with E-state index in [1.165, 1.54) is 0 Å². The molecule has 0 nitrogen and oxygen atoms in total. The SMILES string of the molecule is CC(=C(F)C(C)(F)C(C)(F)C(F)(F)F)C(F)(F)F. The van der Waals surface area contributed by atoms with Crippen LogP contribution in [0.15, 0.2) is 11.4 Å². The van der Waals surface area contributed by atoms with E-state index in [4.69, 9.17) is 0 Å². The minimum Gasteiger partial charge on any atom is -0.232 e. The van der Waals surface area contributed by atoms with E-state index >= 15 is 0 Å². The van der Waals surface area contributed by atoms with Crippen molar-refractivity contribution in [1.82, 2.24) is 0 Å². The number of alkyl halides is 8. The molecule has 2 unspecified atom stereocenters. The van der Waals surface area contributed by atoms with Gasteiger partial charge in [-0.15, -0.1) is 0 Å². The van der Waals surface area contributed by atoms with Crippen molar-refractivity contribution in [2.75, 3.05) is 0 Å². The monoisotopic (exact) mass is 288 g/mol. The topological polar surface area (TPSA) is 0 Å². The fraction of sp³-hybridized carbons (Fsp3) is 0.778. The minimum absolute atomic E-state index is 0.0274. The summed E-state index contributed by atoms with van der Waals surface area (Å²) in [7, 11) is 0. The number of rotatable bonds is 2. The fourth-order valence-electron chi connectivity index (χ4n) is 0.949. The summed E-state index contributed by atoms with van der Waals surface area (Å²) < 4.78 is 113. The van der Waals surface area contributed by atoms with Crippen LogP contribution in [-0.2, 0) is 0 Å². The summed E-state index contributed by atoms with van der Waals surface area (Å²) in [6.07, 6.45) is -11.3. The number of halogens is 9. The molecule has 0 spiro atoms. The van der Waals surface area contributed by atoms with Crippen molar-refractivity contribution in [2.45, 2.75) is 44.5 Å². The van der Waals surface area contributed by atoms with Gasteiger partial charge >= 0.3 is 12.4 Å². The molecule has 0 saturated heterocycles. The van der Waals surface area contributed by atoms with E-state index in [0.29, 0.717) is 0 Å². The zero-order valence-corrected chi connectivity index (χ0v) is 9.40. The van der Waals surface area contributed by atoms with E-state index in [9.17, 15) is 39.5 Å². The van der Waals surface area contributed by atoms with Crippen LogP contribution in [0.1, 0.15) is 20.8 Å². The molecule has 0 amide bonds. The Morgan fingerprint density at radius 2 is 1.11 bits per heavy atom. The third-order valence-electron chi connectivity index (χ3n) is 2.58. The summed E-state index contributed by atoms with van der Waals surface area (Å²) in [6, 6.07) is 0. The van der Waals surface area contributed by atoms with Crippen molar-refractivity contribution in [3.05, 3.63) is 11.4 Å². The molecule has 108 valence electrons. The maximum absolute atomic E-state index is 13.5. The summed E-state index contributed by atoms with van der Waals surface area (Å²) in [5, 5.41) is 0. The average molecular weight is 288 g/mol. The first-order valence-corrected chi connectivity index (χ1v) is 4.45. The van der Waals surface area contributed by atoms with Crippen LogP contribution in [0.4, 0.5) is 39.5 Å². The molecule has 0 heterocycles. The predicted molar refractivity (Wildman–Crippen MR) is 44.9 cm³/mol. The van der Waals surface area contributed by atoms with Crippen molar-refractivity contribution in [2.24, 2.45) is 0 Å². The van der Waals surface area contributed by atoms with Crippen molar-refractivity contribution >= 4 is 0 Å². The van der Waals surface area contributed by atoms with Crippen molar-refractivity contribution in [1.29, 1.82) is 0 Å². The Balaban J connectivity index is 5.83. The van der Waals surface area contributed by atoms with Crippen LogP contribution in [-0.4, -0.2) is 23.7 Å². The van der Waals surface area contributed by atoms with Gasteiger partial charge < -0.3 is 0 Å². The molecule has 9 heteroatoms. The first-order valence-electron chi connectivity index (χ1n) is 4.45. The van der Waals surface area contributed by atoms with E-state index in [-0.39, 0.29) is 20.8 Å². The van der Waals surface area contributed by atoms with Gasteiger partial charge in [-0.25, -0.2) is 13.2 Å². The highest BCUT2D eigenvalue weighted by Gasteiger charge is 2.67. The van der Waals surface area contributed by atoms with Crippen LogP contribution < -0.4 is 0 Å². The largest absolute Gasteiger partial charge is 0.425 e. The molecule has 0 aromatic rings. The van der Waals surface area contributed by atoms with Gasteiger partial charge in [0.15, 0.2) is 0 Å². The first kappa shape index (κ1) is 17.1. The Hall–Kier alpha value is -0.890. The van der Waals surface area contributed by atoms with Crippen LogP contribution in [0.5, 0.6) is 0 Å². The van der Waals surface area contributed by atoms with Crippen LogP contribution in [0, 0.1) is 0 Å². The highest BCUT2D eigenvalue weighted by Crippen LogP contribution is 2.49. The quantitative estimate of drug-likeness (QED) is 0.640. The summed E-state index contributed by atoms with van der Waals surface area (Å²) in [6.45, 7) is -0.569. The van der Waals surface area contributed by atoms with Gasteiger partial charge in [0.2, 0.25) is 11.3 Å². The normalized spacial score (nSPS) is 22.0. The second-order valence-electron chi connectivity index (χ2n) is 3.94. The third kappa shape index (κ3) is 2.74. The van der Waals surface area contributed by atoms with Crippen LogP contribution in [0.3, 0.4) is 0 Å². The fourth-order valence-corrected chi connectivity index (χ4v) is 0.949. The standard InChI is InChI=1S/C9H9F9/c1-4(8(13,14)15)5(10)6(2,11)7(3,12)9(16,17)18/h1-3H3. The Bertz CT molecular complexity index is 342. The summed E-state index contributed by atoms with van der Waals surface area (Å²) in [5.74, 6) is -2.84. The van der Waals surface area contributed by atoms with Crippen molar-refractivity contribution in [3.63, 3.8) is 0 Å².